The summed E-state index contributed by atoms with van der Waals surface area (Å²) >= 11 is 0. The normalized spacial score (nSPS) is 40.9. The molecule has 1 aliphatic heterocycles. The number of ether oxygens (including phenoxy) is 1. The second-order valence-electron chi connectivity index (χ2n) is 3.41. The molecule has 0 saturated carbocycles. The standard InChI is InChI=1S/C6H13NO8S/c7-16(12,13)15-2-6(11)5(10)4(9)3(8)1-14-6/h3-5,8-11H,1-2H2,(H2,7,12,13). The first-order chi connectivity index (χ1) is 7.16. The summed E-state index contributed by atoms with van der Waals surface area (Å²) in [5.74, 6) is -2.44. The highest BCUT2D eigenvalue weighted by Gasteiger charge is 2.49. The summed E-state index contributed by atoms with van der Waals surface area (Å²) in [6.45, 7) is -1.47. The predicted molar refractivity (Wildman–Crippen MR) is 48.0 cm³/mol. The van der Waals surface area contributed by atoms with Crippen LogP contribution in [0.1, 0.15) is 0 Å². The number of aliphatic hydroxyl groups is 4. The Labute approximate surface area is 91.3 Å². The maximum absolute atomic E-state index is 10.5. The summed E-state index contributed by atoms with van der Waals surface area (Å²) < 4.78 is 29.6. The fourth-order valence-corrected chi connectivity index (χ4v) is 1.52. The third-order valence-electron chi connectivity index (χ3n) is 2.11. The Balaban J connectivity index is 2.70. The van der Waals surface area contributed by atoms with E-state index in [4.69, 9.17) is 5.11 Å². The second kappa shape index (κ2) is 4.50. The van der Waals surface area contributed by atoms with E-state index in [0.717, 1.165) is 0 Å². The van der Waals surface area contributed by atoms with Crippen LogP contribution in [0.5, 0.6) is 0 Å². The van der Waals surface area contributed by atoms with Crippen molar-refractivity contribution in [1.82, 2.24) is 0 Å². The molecule has 16 heavy (non-hydrogen) atoms. The summed E-state index contributed by atoms with van der Waals surface area (Å²) in [7, 11) is -4.31. The molecule has 1 fully saturated rings. The molecule has 96 valence electrons. The molecule has 4 unspecified atom stereocenters. The van der Waals surface area contributed by atoms with Crippen LogP contribution in [0.15, 0.2) is 0 Å². The highest BCUT2D eigenvalue weighted by molar-refractivity contribution is 7.84. The maximum atomic E-state index is 10.5. The van der Waals surface area contributed by atoms with Gasteiger partial charge in [-0.15, -0.1) is 0 Å². The second-order valence-corrected chi connectivity index (χ2v) is 4.63. The lowest BCUT2D eigenvalue weighted by Gasteiger charge is -2.40. The number of rotatable bonds is 3. The largest absolute Gasteiger partial charge is 0.388 e. The van der Waals surface area contributed by atoms with Gasteiger partial charge in [0, 0.05) is 0 Å². The van der Waals surface area contributed by atoms with Gasteiger partial charge in [0.2, 0.25) is 5.79 Å². The van der Waals surface area contributed by atoms with E-state index in [0.29, 0.717) is 0 Å². The van der Waals surface area contributed by atoms with Gasteiger partial charge in [-0.2, -0.15) is 8.42 Å². The number of hydrogen-bond donors (Lipinski definition) is 5. The molecule has 6 N–H and O–H groups in total. The molecule has 0 aromatic carbocycles. The number of hydrogen-bond acceptors (Lipinski definition) is 8. The van der Waals surface area contributed by atoms with Gasteiger partial charge in [0.15, 0.2) is 0 Å². The molecule has 10 heteroatoms. The molecule has 0 amide bonds. The molecule has 0 bridgehead atoms. The Kier molecular flexibility index (Phi) is 3.87. The Morgan fingerprint density at radius 3 is 2.50 bits per heavy atom. The molecule has 0 radical (unpaired) electrons. The van der Waals surface area contributed by atoms with Crippen molar-refractivity contribution in [2.75, 3.05) is 13.2 Å². The van der Waals surface area contributed by atoms with Gasteiger partial charge in [-0.05, 0) is 0 Å². The molecule has 1 saturated heterocycles. The lowest BCUT2D eigenvalue weighted by atomic mass is 9.98. The first-order valence-corrected chi connectivity index (χ1v) is 5.70. The highest BCUT2D eigenvalue weighted by atomic mass is 32.2. The van der Waals surface area contributed by atoms with E-state index in [-0.39, 0.29) is 0 Å². The van der Waals surface area contributed by atoms with Crippen LogP contribution < -0.4 is 5.14 Å². The molecular formula is C6H13NO8S. The summed E-state index contributed by atoms with van der Waals surface area (Å²) in [5.41, 5.74) is 0. The summed E-state index contributed by atoms with van der Waals surface area (Å²) in [5, 5.41) is 41.8. The first kappa shape index (κ1) is 13.7. The monoisotopic (exact) mass is 259 g/mol. The quantitative estimate of drug-likeness (QED) is 0.343. The number of aliphatic hydroxyl groups excluding tert-OH is 3. The van der Waals surface area contributed by atoms with Crippen molar-refractivity contribution in [3.8, 4) is 0 Å². The lowest BCUT2D eigenvalue weighted by Crippen LogP contribution is -2.63. The minimum absolute atomic E-state index is 0.483. The molecule has 9 nitrogen and oxygen atoms in total. The predicted octanol–water partition coefficient (Wildman–Crippen LogP) is -3.99. The van der Waals surface area contributed by atoms with Gasteiger partial charge in [-0.1, -0.05) is 0 Å². The van der Waals surface area contributed by atoms with Crippen molar-refractivity contribution in [1.29, 1.82) is 0 Å². The van der Waals surface area contributed by atoms with Crippen molar-refractivity contribution < 1.29 is 37.8 Å². The smallest absolute Gasteiger partial charge is 0.333 e. The van der Waals surface area contributed by atoms with E-state index in [9.17, 15) is 23.7 Å². The third kappa shape index (κ3) is 3.09. The van der Waals surface area contributed by atoms with Gasteiger partial charge in [-0.25, -0.2) is 5.14 Å². The van der Waals surface area contributed by atoms with Gasteiger partial charge in [0.25, 0.3) is 0 Å². The minimum atomic E-state index is -4.31. The van der Waals surface area contributed by atoms with E-state index >= 15 is 0 Å². The number of nitrogens with two attached hydrogens (primary N) is 1. The van der Waals surface area contributed by atoms with Crippen LogP contribution in [0.25, 0.3) is 0 Å². The Hall–Kier alpha value is -0.330. The zero-order valence-corrected chi connectivity index (χ0v) is 8.87. The van der Waals surface area contributed by atoms with Crippen LogP contribution in [-0.2, 0) is 19.2 Å². The third-order valence-corrected chi connectivity index (χ3v) is 2.56. The van der Waals surface area contributed by atoms with Gasteiger partial charge in [-0.3, -0.25) is 4.18 Å². The van der Waals surface area contributed by atoms with Gasteiger partial charge < -0.3 is 25.2 Å². The zero-order valence-electron chi connectivity index (χ0n) is 8.05. The van der Waals surface area contributed by atoms with E-state index in [1.807, 2.05) is 0 Å². The van der Waals surface area contributed by atoms with Crippen molar-refractivity contribution in [3.63, 3.8) is 0 Å². The summed E-state index contributed by atoms with van der Waals surface area (Å²) in [6.07, 6.45) is -4.98. The maximum Gasteiger partial charge on any atom is 0.333 e. The van der Waals surface area contributed by atoms with E-state index in [1.54, 1.807) is 0 Å². The Morgan fingerprint density at radius 1 is 1.44 bits per heavy atom. The van der Waals surface area contributed by atoms with Crippen molar-refractivity contribution in [2.45, 2.75) is 24.1 Å². The fraction of sp³-hybridized carbons (Fsp3) is 1.00. The Bertz CT molecular complexity index is 344. The van der Waals surface area contributed by atoms with E-state index in [1.165, 1.54) is 0 Å². The minimum Gasteiger partial charge on any atom is -0.388 e. The van der Waals surface area contributed by atoms with Crippen LogP contribution >= 0.6 is 0 Å². The first-order valence-electron chi connectivity index (χ1n) is 4.23. The van der Waals surface area contributed by atoms with Crippen LogP contribution in [-0.4, -0.2) is 66.2 Å². The van der Waals surface area contributed by atoms with E-state index < -0.39 is 47.6 Å². The lowest BCUT2D eigenvalue weighted by molar-refractivity contribution is -0.328. The zero-order chi connectivity index (χ0) is 12.6. The van der Waals surface area contributed by atoms with Gasteiger partial charge in [0.1, 0.15) is 24.9 Å². The summed E-state index contributed by atoms with van der Waals surface area (Å²) in [4.78, 5) is 0. The van der Waals surface area contributed by atoms with Crippen molar-refractivity contribution >= 4 is 10.3 Å². The van der Waals surface area contributed by atoms with Crippen LogP contribution in [0.2, 0.25) is 0 Å². The molecule has 0 aromatic heterocycles. The van der Waals surface area contributed by atoms with Gasteiger partial charge >= 0.3 is 10.3 Å². The SMILES string of the molecule is NS(=O)(=O)OCC1(O)OCC(O)C(O)C1O. The summed E-state index contributed by atoms with van der Waals surface area (Å²) in [6, 6.07) is 0. The van der Waals surface area contributed by atoms with Crippen LogP contribution in [0, 0.1) is 0 Å². The molecule has 0 aromatic rings. The van der Waals surface area contributed by atoms with Crippen LogP contribution in [0.3, 0.4) is 0 Å². The van der Waals surface area contributed by atoms with Crippen molar-refractivity contribution in [3.05, 3.63) is 0 Å². The molecule has 1 rings (SSSR count). The average Bonchev–Trinajstić information content (AvgIpc) is 2.18. The molecule has 0 aliphatic carbocycles. The van der Waals surface area contributed by atoms with Crippen molar-refractivity contribution in [2.24, 2.45) is 5.14 Å². The molecular weight excluding hydrogens is 246 g/mol. The Morgan fingerprint density at radius 2 is 2.00 bits per heavy atom. The molecule has 4 atom stereocenters. The highest BCUT2D eigenvalue weighted by Crippen LogP contribution is 2.24. The topological polar surface area (TPSA) is 160 Å². The fourth-order valence-electron chi connectivity index (χ4n) is 1.18. The van der Waals surface area contributed by atoms with Gasteiger partial charge in [0.05, 0.1) is 6.61 Å². The molecule has 1 heterocycles. The molecule has 1 aliphatic rings. The average molecular weight is 259 g/mol. The molecule has 0 spiro atoms. The van der Waals surface area contributed by atoms with Crippen LogP contribution in [0.4, 0.5) is 0 Å². The van der Waals surface area contributed by atoms with E-state index in [2.05, 4.69) is 14.1 Å².